The first kappa shape index (κ1) is 18.7. The van der Waals surface area contributed by atoms with Crippen LogP contribution in [0.4, 0.5) is 5.82 Å². The Hall–Kier alpha value is -2.63. The number of benzene rings is 2. The van der Waals surface area contributed by atoms with Crippen LogP contribution in [0.2, 0.25) is 5.02 Å². The lowest BCUT2D eigenvalue weighted by Gasteiger charge is -2.30. The first-order chi connectivity index (χ1) is 13.6. The van der Waals surface area contributed by atoms with Crippen molar-refractivity contribution in [2.24, 2.45) is 5.73 Å². The molecule has 1 aliphatic rings. The number of phenols is 1. The minimum atomic E-state index is 0.101. The van der Waals surface area contributed by atoms with Crippen molar-refractivity contribution in [3.63, 3.8) is 0 Å². The van der Waals surface area contributed by atoms with Gasteiger partial charge in [-0.2, -0.15) is 0 Å². The van der Waals surface area contributed by atoms with Crippen molar-refractivity contribution < 1.29 is 5.11 Å². The van der Waals surface area contributed by atoms with E-state index in [0.29, 0.717) is 16.7 Å². The number of halogens is 1. The molecule has 1 aromatic heterocycles. The lowest BCUT2D eigenvalue weighted by Crippen LogP contribution is -2.42. The van der Waals surface area contributed by atoms with Crippen LogP contribution in [0.15, 0.2) is 42.5 Å². The number of nitrogens with two attached hydrogens (primary N) is 1. The fourth-order valence-electron chi connectivity index (χ4n) is 3.58. The Morgan fingerprint density at radius 2 is 1.82 bits per heavy atom. The number of anilines is 1. The largest absolute Gasteiger partial charge is 0.508 e. The lowest BCUT2D eigenvalue weighted by atomic mass is 9.91. The molecule has 1 heterocycles. The van der Waals surface area contributed by atoms with Crippen LogP contribution in [0.5, 0.6) is 5.75 Å². The van der Waals surface area contributed by atoms with E-state index >= 15 is 0 Å². The van der Waals surface area contributed by atoms with E-state index < -0.39 is 0 Å². The molecule has 0 radical (unpaired) electrons. The molecule has 1 fully saturated rings. The number of phenolic OH excluding ortho intramolecular Hbond substituents is 1. The van der Waals surface area contributed by atoms with E-state index in [2.05, 4.69) is 10.3 Å². The van der Waals surface area contributed by atoms with Gasteiger partial charge in [0.15, 0.2) is 5.82 Å². The van der Waals surface area contributed by atoms with Crippen LogP contribution >= 0.6 is 11.6 Å². The topological polar surface area (TPSA) is 84.1 Å². The van der Waals surface area contributed by atoms with Gasteiger partial charge in [-0.15, -0.1) is 0 Å². The van der Waals surface area contributed by atoms with Gasteiger partial charge in [-0.1, -0.05) is 42.7 Å². The summed E-state index contributed by atoms with van der Waals surface area (Å²) in [6, 6.07) is 13.0. The first-order valence-electron chi connectivity index (χ1n) is 9.55. The van der Waals surface area contributed by atoms with Crippen LogP contribution in [0.1, 0.15) is 37.1 Å². The number of nitrogens with one attached hydrogen (secondary N) is 1. The molecule has 0 bridgehead atoms. The molecule has 0 amide bonds. The van der Waals surface area contributed by atoms with E-state index in [9.17, 15) is 5.11 Å². The highest BCUT2D eigenvalue weighted by molar-refractivity contribution is 6.30. The molecule has 1 aliphatic carbocycles. The molecule has 0 spiro atoms. The summed E-state index contributed by atoms with van der Waals surface area (Å²) in [5.41, 5.74) is 8.10. The number of aromatic nitrogens is 2. The molecule has 144 valence electrons. The van der Waals surface area contributed by atoms with Crippen molar-refractivity contribution in [2.75, 3.05) is 5.32 Å². The highest BCUT2D eigenvalue weighted by atomic mass is 35.5. The van der Waals surface area contributed by atoms with Crippen LogP contribution in [-0.4, -0.2) is 27.2 Å². The summed E-state index contributed by atoms with van der Waals surface area (Å²) in [5.74, 6) is 1.50. The Kier molecular flexibility index (Phi) is 5.46. The molecule has 2 atom stereocenters. The highest BCUT2D eigenvalue weighted by Gasteiger charge is 2.23. The van der Waals surface area contributed by atoms with Gasteiger partial charge in [0, 0.05) is 22.5 Å². The Balaban J connectivity index is 1.69. The monoisotopic (exact) mass is 394 g/mol. The first-order valence-corrected chi connectivity index (χ1v) is 9.93. The fourth-order valence-corrected chi connectivity index (χ4v) is 3.70. The molecule has 28 heavy (non-hydrogen) atoms. The molecular formula is C22H23ClN4O. The third kappa shape index (κ3) is 4.26. The number of fused-ring (bicyclic) bond motifs is 1. The van der Waals surface area contributed by atoms with Crippen LogP contribution in [0, 0.1) is 0 Å². The van der Waals surface area contributed by atoms with Crippen molar-refractivity contribution in [3.8, 4) is 5.75 Å². The third-order valence-corrected chi connectivity index (χ3v) is 5.38. The average molecular weight is 395 g/mol. The second-order valence-electron chi connectivity index (χ2n) is 7.22. The summed E-state index contributed by atoms with van der Waals surface area (Å²) in [7, 11) is 0. The van der Waals surface area contributed by atoms with E-state index in [1.807, 2.05) is 36.4 Å². The zero-order valence-electron chi connectivity index (χ0n) is 15.5. The SMILES string of the molecule is NC1CCCCC1Nc1nc(/C=C\c2ccc(Cl)cc2)nc2ccc(O)cc12. The Labute approximate surface area is 169 Å². The summed E-state index contributed by atoms with van der Waals surface area (Å²) < 4.78 is 0. The number of nitrogens with zero attached hydrogens (tertiary/aromatic N) is 2. The lowest BCUT2D eigenvalue weighted by molar-refractivity contribution is 0.403. The zero-order chi connectivity index (χ0) is 19.5. The smallest absolute Gasteiger partial charge is 0.154 e. The van der Waals surface area contributed by atoms with Crippen molar-refractivity contribution in [1.29, 1.82) is 0 Å². The zero-order valence-corrected chi connectivity index (χ0v) is 16.2. The van der Waals surface area contributed by atoms with E-state index in [4.69, 9.17) is 22.3 Å². The van der Waals surface area contributed by atoms with Crippen molar-refractivity contribution in [3.05, 3.63) is 58.9 Å². The predicted octanol–water partition coefficient (Wildman–Crippen LogP) is 4.84. The molecular weight excluding hydrogens is 372 g/mol. The standard InChI is InChI=1S/C22H23ClN4O/c23-15-8-5-14(6-9-15)7-12-21-25-19-11-10-16(28)13-17(19)22(27-21)26-20-4-2-1-3-18(20)24/h5-13,18,20,28H,1-4,24H2,(H,25,26,27)/b12-7-. The van der Waals surface area contributed by atoms with Crippen molar-refractivity contribution in [2.45, 2.75) is 37.8 Å². The third-order valence-electron chi connectivity index (χ3n) is 5.13. The minimum absolute atomic E-state index is 0.101. The Bertz CT molecular complexity index is 1000. The Morgan fingerprint density at radius 1 is 1.04 bits per heavy atom. The van der Waals surface area contributed by atoms with Gasteiger partial charge in [0.1, 0.15) is 11.6 Å². The summed E-state index contributed by atoms with van der Waals surface area (Å²) >= 11 is 5.94. The van der Waals surface area contributed by atoms with Crippen molar-refractivity contribution in [1.82, 2.24) is 9.97 Å². The van der Waals surface area contributed by atoms with E-state index in [1.54, 1.807) is 18.2 Å². The summed E-state index contributed by atoms with van der Waals surface area (Å²) in [6.45, 7) is 0. The molecule has 0 saturated heterocycles. The summed E-state index contributed by atoms with van der Waals surface area (Å²) in [6.07, 6.45) is 8.18. The average Bonchev–Trinajstić information content (AvgIpc) is 2.70. The Morgan fingerprint density at radius 3 is 2.61 bits per heavy atom. The van der Waals surface area contributed by atoms with Gasteiger partial charge in [0.05, 0.1) is 5.52 Å². The van der Waals surface area contributed by atoms with Crippen LogP contribution in [0.25, 0.3) is 23.1 Å². The molecule has 2 unspecified atom stereocenters. The van der Waals surface area contributed by atoms with E-state index in [-0.39, 0.29) is 17.8 Å². The fraction of sp³-hybridized carbons (Fsp3) is 0.273. The van der Waals surface area contributed by atoms with Gasteiger partial charge in [0.2, 0.25) is 0 Å². The molecule has 5 nitrogen and oxygen atoms in total. The highest BCUT2D eigenvalue weighted by Crippen LogP contribution is 2.28. The van der Waals surface area contributed by atoms with Gasteiger partial charge in [-0.3, -0.25) is 0 Å². The molecule has 6 heteroatoms. The number of hydrogen-bond acceptors (Lipinski definition) is 5. The summed E-state index contributed by atoms with van der Waals surface area (Å²) in [4.78, 5) is 9.32. The predicted molar refractivity (Wildman–Crippen MR) is 115 cm³/mol. The maximum atomic E-state index is 9.92. The van der Waals surface area contributed by atoms with Crippen molar-refractivity contribution >= 4 is 40.5 Å². The number of rotatable bonds is 4. The molecule has 3 aromatic rings. The molecule has 4 N–H and O–H groups in total. The normalized spacial score (nSPS) is 19.9. The van der Waals surface area contributed by atoms with Crippen LogP contribution in [-0.2, 0) is 0 Å². The number of aromatic hydroxyl groups is 1. The second-order valence-corrected chi connectivity index (χ2v) is 7.65. The second kappa shape index (κ2) is 8.17. The summed E-state index contributed by atoms with van der Waals surface area (Å²) in [5, 5.41) is 14.9. The van der Waals surface area contributed by atoms with Gasteiger partial charge in [-0.25, -0.2) is 9.97 Å². The molecule has 4 rings (SSSR count). The minimum Gasteiger partial charge on any atom is -0.508 e. The molecule has 0 aliphatic heterocycles. The quantitative estimate of drug-likeness (QED) is 0.589. The maximum Gasteiger partial charge on any atom is 0.154 e. The van der Waals surface area contributed by atoms with Crippen LogP contribution < -0.4 is 11.1 Å². The van der Waals surface area contributed by atoms with Gasteiger partial charge in [-0.05, 0) is 54.8 Å². The maximum absolute atomic E-state index is 9.92. The number of hydrogen-bond donors (Lipinski definition) is 3. The molecule has 2 aromatic carbocycles. The van der Waals surface area contributed by atoms with Crippen LogP contribution in [0.3, 0.4) is 0 Å². The molecule has 1 saturated carbocycles. The van der Waals surface area contributed by atoms with E-state index in [1.165, 1.54) is 6.42 Å². The van der Waals surface area contributed by atoms with Gasteiger partial charge >= 0.3 is 0 Å². The van der Waals surface area contributed by atoms with E-state index in [0.717, 1.165) is 35.7 Å². The van der Waals surface area contributed by atoms with Gasteiger partial charge in [0.25, 0.3) is 0 Å². The van der Waals surface area contributed by atoms with Gasteiger partial charge < -0.3 is 16.2 Å².